The van der Waals surface area contributed by atoms with Gasteiger partial charge in [-0.05, 0) is 0 Å². The topological polar surface area (TPSA) is 78.2 Å². The summed E-state index contributed by atoms with van der Waals surface area (Å²) in [6.45, 7) is 0. The van der Waals surface area contributed by atoms with Gasteiger partial charge in [-0.15, -0.1) is 0 Å². The Balaban J connectivity index is 3.11. The highest BCUT2D eigenvalue weighted by atomic mass is 32.2. The van der Waals surface area contributed by atoms with Gasteiger partial charge in [0.15, 0.2) is 5.04 Å². The van der Waals surface area contributed by atoms with E-state index in [-0.39, 0.29) is 5.56 Å². The maximum absolute atomic E-state index is 10.5. The molecule has 0 bridgehead atoms. The first-order chi connectivity index (χ1) is 5.52. The third kappa shape index (κ3) is 1.90. The van der Waals surface area contributed by atoms with Crippen LogP contribution in [0.5, 0.6) is 0 Å². The molecule has 0 aliphatic carbocycles. The van der Waals surface area contributed by atoms with E-state index in [1.165, 1.54) is 12.1 Å². The molecule has 0 saturated heterocycles. The van der Waals surface area contributed by atoms with Gasteiger partial charge in [0.05, 0.1) is 0 Å². The van der Waals surface area contributed by atoms with Crippen LogP contribution in [0.25, 0.3) is 0 Å². The predicted molar refractivity (Wildman–Crippen MR) is 44.8 cm³/mol. The summed E-state index contributed by atoms with van der Waals surface area (Å²) in [4.78, 5) is 0. The first-order valence-corrected chi connectivity index (χ1v) is 4.57. The van der Waals surface area contributed by atoms with Crippen LogP contribution in [-0.2, 0) is 10.1 Å². The second-order valence-electron chi connectivity index (χ2n) is 2.17. The van der Waals surface area contributed by atoms with E-state index >= 15 is 0 Å². The molecule has 0 atom stereocenters. The maximum atomic E-state index is 10.5. The van der Waals surface area contributed by atoms with Crippen LogP contribution in [0.4, 0.5) is 0 Å². The Bertz CT molecular complexity index is 382. The highest BCUT2D eigenvalue weighted by Crippen LogP contribution is 2.03. The second-order valence-corrected chi connectivity index (χ2v) is 3.53. The summed E-state index contributed by atoms with van der Waals surface area (Å²) in [5.41, 5.74) is 0.181. The van der Waals surface area contributed by atoms with Crippen molar-refractivity contribution in [1.82, 2.24) is 0 Å². The van der Waals surface area contributed by atoms with Crippen LogP contribution in [0.15, 0.2) is 30.3 Å². The molecule has 0 amide bonds. The summed E-state index contributed by atoms with van der Waals surface area (Å²) in [5.74, 6) is 0. The molecule has 0 unspecified atom stereocenters. The van der Waals surface area contributed by atoms with Gasteiger partial charge in [0.1, 0.15) is 0 Å². The summed E-state index contributed by atoms with van der Waals surface area (Å²) < 4.78 is 29.4. The van der Waals surface area contributed by atoms with Gasteiger partial charge in [0.2, 0.25) is 0 Å². The molecule has 12 heavy (non-hydrogen) atoms. The number of rotatable bonds is 1. The van der Waals surface area contributed by atoms with Gasteiger partial charge < -0.3 is 0 Å². The molecule has 1 aromatic rings. The van der Waals surface area contributed by atoms with Crippen molar-refractivity contribution < 1.29 is 13.0 Å². The quantitative estimate of drug-likeness (QED) is 0.387. The van der Waals surface area contributed by atoms with Crippen molar-refractivity contribution in [2.45, 2.75) is 0 Å². The summed E-state index contributed by atoms with van der Waals surface area (Å²) in [6, 6.07) is 7.76. The molecule has 4 nitrogen and oxygen atoms in total. The predicted octanol–water partition coefficient (Wildman–Crippen LogP) is 0.900. The number of benzene rings is 1. The van der Waals surface area contributed by atoms with E-state index in [9.17, 15) is 8.42 Å². The standard InChI is InChI=1S/C7H7NO3S/c8-7(12(9,10)11)6-4-2-1-3-5-6/h1-5,8H,(H,9,10,11). The third-order valence-corrected chi connectivity index (χ3v) is 2.05. The van der Waals surface area contributed by atoms with Crippen molar-refractivity contribution in [3.63, 3.8) is 0 Å². The van der Waals surface area contributed by atoms with Gasteiger partial charge in [0.25, 0.3) is 0 Å². The zero-order valence-corrected chi connectivity index (χ0v) is 6.88. The zero-order chi connectivity index (χ0) is 9.19. The van der Waals surface area contributed by atoms with E-state index in [2.05, 4.69) is 0 Å². The van der Waals surface area contributed by atoms with Gasteiger partial charge in [-0.3, -0.25) is 9.96 Å². The highest BCUT2D eigenvalue weighted by Gasteiger charge is 2.14. The van der Waals surface area contributed by atoms with E-state index in [1.54, 1.807) is 18.2 Å². The van der Waals surface area contributed by atoms with Crippen molar-refractivity contribution >= 4 is 15.2 Å². The molecule has 2 N–H and O–H groups in total. The summed E-state index contributed by atoms with van der Waals surface area (Å²) in [6.07, 6.45) is 0. The molecule has 0 heterocycles. The number of hydrogen-bond acceptors (Lipinski definition) is 3. The molecular formula is C7H7NO3S. The lowest BCUT2D eigenvalue weighted by molar-refractivity contribution is 0.498. The van der Waals surface area contributed by atoms with Gasteiger partial charge in [-0.25, -0.2) is 0 Å². The van der Waals surface area contributed by atoms with Crippen molar-refractivity contribution in [3.8, 4) is 0 Å². The maximum Gasteiger partial charge on any atom is 0.312 e. The van der Waals surface area contributed by atoms with Crippen molar-refractivity contribution in [2.24, 2.45) is 0 Å². The van der Waals surface area contributed by atoms with Gasteiger partial charge in [-0.1, -0.05) is 30.3 Å². The fourth-order valence-corrected chi connectivity index (χ4v) is 1.17. The van der Waals surface area contributed by atoms with Crippen LogP contribution in [0, 0.1) is 5.41 Å². The molecule has 0 radical (unpaired) electrons. The van der Waals surface area contributed by atoms with E-state index < -0.39 is 15.2 Å². The Labute approximate surface area is 70.1 Å². The summed E-state index contributed by atoms with van der Waals surface area (Å²) >= 11 is 0. The van der Waals surface area contributed by atoms with Gasteiger partial charge in [-0.2, -0.15) is 8.42 Å². The largest absolute Gasteiger partial charge is 0.312 e. The average molecular weight is 185 g/mol. The van der Waals surface area contributed by atoms with Crippen molar-refractivity contribution in [1.29, 1.82) is 5.41 Å². The van der Waals surface area contributed by atoms with E-state index in [1.807, 2.05) is 0 Å². The Morgan fingerprint density at radius 1 is 1.25 bits per heavy atom. The van der Waals surface area contributed by atoms with Gasteiger partial charge in [0, 0.05) is 5.56 Å². The first-order valence-electron chi connectivity index (χ1n) is 3.13. The van der Waals surface area contributed by atoms with E-state index in [0.717, 1.165) is 0 Å². The lowest BCUT2D eigenvalue weighted by Gasteiger charge is -1.97. The smallest absolute Gasteiger partial charge is 0.287 e. The fourth-order valence-electron chi connectivity index (χ4n) is 0.738. The van der Waals surface area contributed by atoms with Crippen LogP contribution in [0.2, 0.25) is 0 Å². The Morgan fingerprint density at radius 3 is 2.17 bits per heavy atom. The minimum atomic E-state index is -4.37. The van der Waals surface area contributed by atoms with E-state index in [0.29, 0.717) is 0 Å². The molecule has 0 spiro atoms. The molecule has 0 aromatic heterocycles. The molecule has 5 heteroatoms. The summed E-state index contributed by atoms with van der Waals surface area (Å²) in [5, 5.41) is 6.27. The Morgan fingerprint density at radius 2 is 1.75 bits per heavy atom. The SMILES string of the molecule is N=C(c1ccccc1)S(=O)(=O)O. The lowest BCUT2D eigenvalue weighted by Crippen LogP contribution is -2.12. The molecule has 0 aliphatic heterocycles. The van der Waals surface area contributed by atoms with Crippen molar-refractivity contribution in [2.75, 3.05) is 0 Å². The van der Waals surface area contributed by atoms with Crippen LogP contribution in [-0.4, -0.2) is 18.0 Å². The normalized spacial score (nSPS) is 11.1. The van der Waals surface area contributed by atoms with Gasteiger partial charge >= 0.3 is 10.1 Å². The number of nitrogens with one attached hydrogen (secondary N) is 1. The van der Waals surface area contributed by atoms with Crippen LogP contribution < -0.4 is 0 Å². The first kappa shape index (κ1) is 8.89. The zero-order valence-electron chi connectivity index (χ0n) is 6.06. The molecule has 64 valence electrons. The van der Waals surface area contributed by atoms with Crippen molar-refractivity contribution in [3.05, 3.63) is 35.9 Å². The van der Waals surface area contributed by atoms with Crippen LogP contribution in [0.3, 0.4) is 0 Å². The monoisotopic (exact) mass is 185 g/mol. The fraction of sp³-hybridized carbons (Fsp3) is 0. The Hall–Kier alpha value is -1.20. The number of hydrogen-bond donors (Lipinski definition) is 2. The molecule has 1 rings (SSSR count). The second kappa shape index (κ2) is 3.04. The molecule has 0 fully saturated rings. The van der Waals surface area contributed by atoms with Crippen LogP contribution >= 0.6 is 0 Å². The minimum absolute atomic E-state index is 0.181. The molecule has 1 aromatic carbocycles. The highest BCUT2D eigenvalue weighted by molar-refractivity contribution is 8.01. The third-order valence-electron chi connectivity index (χ3n) is 1.29. The lowest BCUT2D eigenvalue weighted by atomic mass is 10.2. The molecule has 0 saturated carbocycles. The van der Waals surface area contributed by atoms with Crippen LogP contribution in [0.1, 0.15) is 5.56 Å². The summed E-state index contributed by atoms with van der Waals surface area (Å²) in [7, 11) is -4.37. The van der Waals surface area contributed by atoms with E-state index in [4.69, 9.17) is 9.96 Å². The molecule has 0 aliphatic rings. The Kier molecular flexibility index (Phi) is 2.25. The molecular weight excluding hydrogens is 178 g/mol. The average Bonchev–Trinajstić information content (AvgIpc) is 2.03. The minimum Gasteiger partial charge on any atom is -0.287 e.